The number of methoxy groups -OCH3 is 2. The van der Waals surface area contributed by atoms with Gasteiger partial charge in [0.1, 0.15) is 17.3 Å². The van der Waals surface area contributed by atoms with Crippen molar-refractivity contribution in [2.75, 3.05) is 30.6 Å². The SMILES string of the molecule is C=CCn1c(CC(=O)Nc2ccc(OC)cc2)nnc1SCC(=O)Nc1ccccc1OC. The molecule has 33 heavy (non-hydrogen) atoms. The molecule has 3 aromatic rings. The van der Waals surface area contributed by atoms with E-state index in [4.69, 9.17) is 9.47 Å². The average Bonchev–Trinajstić information content (AvgIpc) is 3.19. The van der Waals surface area contributed by atoms with Gasteiger partial charge in [-0.05, 0) is 36.4 Å². The highest BCUT2D eigenvalue weighted by atomic mass is 32.2. The van der Waals surface area contributed by atoms with Crippen LogP contribution in [0.4, 0.5) is 11.4 Å². The molecule has 0 aliphatic rings. The lowest BCUT2D eigenvalue weighted by Gasteiger charge is -2.10. The zero-order valence-electron chi connectivity index (χ0n) is 18.4. The fourth-order valence-electron chi connectivity index (χ4n) is 2.96. The van der Waals surface area contributed by atoms with E-state index in [0.29, 0.717) is 40.4 Å². The van der Waals surface area contributed by atoms with Crippen molar-refractivity contribution in [1.82, 2.24) is 14.8 Å². The summed E-state index contributed by atoms with van der Waals surface area (Å²) < 4.78 is 12.1. The van der Waals surface area contributed by atoms with E-state index in [1.807, 2.05) is 12.1 Å². The van der Waals surface area contributed by atoms with Crippen LogP contribution in [0.3, 0.4) is 0 Å². The predicted octanol–water partition coefficient (Wildman–Crippen LogP) is 3.39. The Kier molecular flexibility index (Phi) is 8.48. The summed E-state index contributed by atoms with van der Waals surface area (Å²) in [6, 6.07) is 14.2. The number of nitrogens with one attached hydrogen (secondary N) is 2. The number of carbonyl (C=O) groups excluding carboxylic acids is 2. The van der Waals surface area contributed by atoms with Crippen LogP contribution in [0.5, 0.6) is 11.5 Å². The maximum Gasteiger partial charge on any atom is 0.234 e. The first kappa shape index (κ1) is 23.9. The van der Waals surface area contributed by atoms with Crippen LogP contribution in [0.15, 0.2) is 66.3 Å². The number of hydrogen-bond acceptors (Lipinski definition) is 7. The van der Waals surface area contributed by atoms with Crippen molar-refractivity contribution < 1.29 is 19.1 Å². The minimum absolute atomic E-state index is 0.0286. The molecular formula is C23H25N5O4S. The molecule has 9 nitrogen and oxygen atoms in total. The van der Waals surface area contributed by atoms with Gasteiger partial charge in [0.2, 0.25) is 11.8 Å². The molecule has 0 spiro atoms. The Hall–Kier alpha value is -3.79. The van der Waals surface area contributed by atoms with E-state index in [2.05, 4.69) is 27.4 Å². The number of benzene rings is 2. The monoisotopic (exact) mass is 467 g/mol. The topological polar surface area (TPSA) is 107 Å². The Morgan fingerprint density at radius 3 is 2.48 bits per heavy atom. The number of allylic oxidation sites excluding steroid dienone is 1. The maximum atomic E-state index is 12.5. The van der Waals surface area contributed by atoms with E-state index in [1.165, 1.54) is 11.8 Å². The molecule has 0 aliphatic heterocycles. The summed E-state index contributed by atoms with van der Waals surface area (Å²) in [6.45, 7) is 4.17. The zero-order chi connectivity index (χ0) is 23.6. The smallest absolute Gasteiger partial charge is 0.234 e. The normalized spacial score (nSPS) is 10.4. The number of thioether (sulfide) groups is 1. The van der Waals surface area contributed by atoms with Crippen LogP contribution in [0.1, 0.15) is 5.82 Å². The van der Waals surface area contributed by atoms with Gasteiger partial charge in [-0.1, -0.05) is 30.0 Å². The zero-order valence-corrected chi connectivity index (χ0v) is 19.2. The highest BCUT2D eigenvalue weighted by Crippen LogP contribution is 2.24. The number of nitrogens with zero attached hydrogens (tertiary/aromatic N) is 3. The quantitative estimate of drug-likeness (QED) is 0.329. The minimum Gasteiger partial charge on any atom is -0.497 e. The summed E-state index contributed by atoms with van der Waals surface area (Å²) in [6.07, 6.45) is 1.72. The molecule has 3 rings (SSSR count). The lowest BCUT2D eigenvalue weighted by Crippen LogP contribution is -2.18. The van der Waals surface area contributed by atoms with Gasteiger partial charge >= 0.3 is 0 Å². The fourth-order valence-corrected chi connectivity index (χ4v) is 3.72. The summed E-state index contributed by atoms with van der Waals surface area (Å²) in [5.41, 5.74) is 1.24. The van der Waals surface area contributed by atoms with Crippen LogP contribution in [-0.4, -0.2) is 46.6 Å². The third-order valence-corrected chi connectivity index (χ3v) is 5.48. The molecule has 0 bridgehead atoms. The molecule has 0 saturated heterocycles. The van der Waals surface area contributed by atoms with Crippen molar-refractivity contribution in [3.05, 3.63) is 67.0 Å². The van der Waals surface area contributed by atoms with E-state index in [9.17, 15) is 9.59 Å². The van der Waals surface area contributed by atoms with Gasteiger partial charge in [0.25, 0.3) is 0 Å². The molecule has 2 aromatic carbocycles. The molecule has 2 N–H and O–H groups in total. The van der Waals surface area contributed by atoms with E-state index >= 15 is 0 Å². The van der Waals surface area contributed by atoms with Crippen molar-refractivity contribution in [1.29, 1.82) is 0 Å². The van der Waals surface area contributed by atoms with Crippen LogP contribution in [0, 0.1) is 0 Å². The van der Waals surface area contributed by atoms with Crippen LogP contribution in [-0.2, 0) is 22.6 Å². The Morgan fingerprint density at radius 1 is 1.03 bits per heavy atom. The van der Waals surface area contributed by atoms with E-state index in [1.54, 1.807) is 61.3 Å². The second-order valence-corrected chi connectivity index (χ2v) is 7.73. The van der Waals surface area contributed by atoms with Crippen LogP contribution in [0.2, 0.25) is 0 Å². The maximum absolute atomic E-state index is 12.5. The summed E-state index contributed by atoms with van der Waals surface area (Å²) in [4.78, 5) is 24.9. The number of carbonyl (C=O) groups is 2. The molecule has 1 aromatic heterocycles. The van der Waals surface area contributed by atoms with Crippen molar-refractivity contribution >= 4 is 35.0 Å². The lowest BCUT2D eigenvalue weighted by molar-refractivity contribution is -0.116. The van der Waals surface area contributed by atoms with Gasteiger partial charge in [-0.15, -0.1) is 16.8 Å². The molecule has 10 heteroatoms. The molecule has 0 unspecified atom stereocenters. The van der Waals surface area contributed by atoms with Gasteiger partial charge in [-0.3, -0.25) is 9.59 Å². The molecular weight excluding hydrogens is 442 g/mol. The summed E-state index contributed by atoms with van der Waals surface area (Å²) in [5.74, 6) is 1.44. The Labute approximate surface area is 196 Å². The molecule has 0 fully saturated rings. The van der Waals surface area contributed by atoms with E-state index in [0.717, 1.165) is 0 Å². The predicted molar refractivity (Wildman–Crippen MR) is 128 cm³/mol. The average molecular weight is 468 g/mol. The number of aromatic nitrogens is 3. The molecule has 2 amide bonds. The van der Waals surface area contributed by atoms with Gasteiger partial charge in [0.05, 0.1) is 32.1 Å². The van der Waals surface area contributed by atoms with E-state index in [-0.39, 0.29) is 24.0 Å². The second kappa shape index (κ2) is 11.7. The number of amides is 2. The van der Waals surface area contributed by atoms with Gasteiger partial charge in [0, 0.05) is 12.2 Å². The van der Waals surface area contributed by atoms with Gasteiger partial charge in [-0.2, -0.15) is 0 Å². The molecule has 0 saturated carbocycles. The van der Waals surface area contributed by atoms with Gasteiger partial charge in [0.15, 0.2) is 5.16 Å². The Bertz CT molecular complexity index is 1110. The third kappa shape index (κ3) is 6.59. The number of anilines is 2. The van der Waals surface area contributed by atoms with Gasteiger partial charge in [-0.25, -0.2) is 0 Å². The first-order chi connectivity index (χ1) is 16.0. The molecule has 0 aliphatic carbocycles. The van der Waals surface area contributed by atoms with Crippen molar-refractivity contribution in [2.24, 2.45) is 0 Å². The van der Waals surface area contributed by atoms with Crippen LogP contribution >= 0.6 is 11.8 Å². The summed E-state index contributed by atoms with van der Waals surface area (Å²) >= 11 is 1.23. The standard InChI is InChI=1S/C23H25N5O4S/c1-4-13-28-20(14-21(29)24-16-9-11-17(31-2)12-10-16)26-27-23(28)33-15-22(30)25-18-7-5-6-8-19(18)32-3/h4-12H,1,13-15H2,2-3H3,(H,24,29)(H,25,30). The highest BCUT2D eigenvalue weighted by Gasteiger charge is 2.17. The molecule has 1 heterocycles. The van der Waals surface area contributed by atoms with Crippen LogP contribution in [0.25, 0.3) is 0 Å². The number of hydrogen-bond donors (Lipinski definition) is 2. The van der Waals surface area contributed by atoms with Crippen molar-refractivity contribution in [3.8, 4) is 11.5 Å². The number of ether oxygens (including phenoxy) is 2. The largest absolute Gasteiger partial charge is 0.497 e. The Morgan fingerprint density at radius 2 is 1.79 bits per heavy atom. The van der Waals surface area contributed by atoms with Crippen LogP contribution < -0.4 is 20.1 Å². The molecule has 0 radical (unpaired) electrons. The molecule has 172 valence electrons. The first-order valence-corrected chi connectivity index (χ1v) is 11.0. The third-order valence-electron chi connectivity index (χ3n) is 4.51. The highest BCUT2D eigenvalue weighted by molar-refractivity contribution is 7.99. The summed E-state index contributed by atoms with van der Waals surface area (Å²) in [5, 5.41) is 14.5. The Balaban J connectivity index is 1.61. The van der Waals surface area contributed by atoms with Crippen molar-refractivity contribution in [3.63, 3.8) is 0 Å². The summed E-state index contributed by atoms with van der Waals surface area (Å²) in [7, 11) is 3.13. The lowest BCUT2D eigenvalue weighted by atomic mass is 10.3. The first-order valence-electron chi connectivity index (χ1n) is 10.1. The van der Waals surface area contributed by atoms with Gasteiger partial charge < -0.3 is 24.7 Å². The number of rotatable bonds is 11. The van der Waals surface area contributed by atoms with Crippen molar-refractivity contribution in [2.45, 2.75) is 18.1 Å². The van der Waals surface area contributed by atoms with E-state index < -0.39 is 0 Å². The molecule has 0 atom stereocenters. The number of para-hydroxylation sites is 2. The minimum atomic E-state index is -0.233. The second-order valence-electron chi connectivity index (χ2n) is 6.79. The fraction of sp³-hybridized carbons (Fsp3) is 0.217.